The molecule has 4 unspecified atom stereocenters. The van der Waals surface area contributed by atoms with Crippen LogP contribution in [0.25, 0.3) is 0 Å². The largest absolute Gasteiger partial charge is 0.273 e. The molecule has 2 aliphatic carbocycles. The van der Waals surface area contributed by atoms with E-state index in [1.807, 2.05) is 44.2 Å². The van der Waals surface area contributed by atoms with Gasteiger partial charge in [0.05, 0.1) is 16.5 Å². The molecular formula is C17H17NO2. The maximum Gasteiger partial charge on any atom is 0.241 e. The Morgan fingerprint density at radius 2 is 1.45 bits per heavy atom. The van der Waals surface area contributed by atoms with Crippen molar-refractivity contribution in [2.75, 3.05) is 4.90 Å². The summed E-state index contributed by atoms with van der Waals surface area (Å²) < 4.78 is 0. The average Bonchev–Trinajstić information content (AvgIpc) is 3.06. The molecule has 1 saturated heterocycles. The van der Waals surface area contributed by atoms with Gasteiger partial charge in [-0.05, 0) is 44.2 Å². The molecule has 0 aromatic heterocycles. The molecule has 1 saturated carbocycles. The van der Waals surface area contributed by atoms with Crippen molar-refractivity contribution in [1.82, 2.24) is 0 Å². The lowest BCUT2D eigenvalue weighted by Crippen LogP contribution is -2.43. The van der Waals surface area contributed by atoms with Gasteiger partial charge in [0.25, 0.3) is 0 Å². The van der Waals surface area contributed by atoms with E-state index >= 15 is 0 Å². The summed E-state index contributed by atoms with van der Waals surface area (Å²) in [7, 11) is 0. The first kappa shape index (κ1) is 11.9. The van der Waals surface area contributed by atoms with Gasteiger partial charge in [-0.2, -0.15) is 0 Å². The summed E-state index contributed by atoms with van der Waals surface area (Å²) in [4.78, 5) is 27.4. The minimum atomic E-state index is -0.584. The van der Waals surface area contributed by atoms with E-state index in [0.29, 0.717) is 5.69 Å². The molecule has 102 valence electrons. The van der Waals surface area contributed by atoms with E-state index in [0.717, 1.165) is 6.42 Å². The summed E-state index contributed by atoms with van der Waals surface area (Å²) in [5.74, 6) is 0.325. The van der Waals surface area contributed by atoms with E-state index in [1.54, 1.807) is 0 Å². The fourth-order valence-corrected chi connectivity index (χ4v) is 4.46. The predicted octanol–water partition coefficient (Wildman–Crippen LogP) is 2.78. The third-order valence-electron chi connectivity index (χ3n) is 5.95. The minimum absolute atomic E-state index is 0.0342. The molecule has 0 spiro atoms. The molecule has 4 rings (SSSR count). The number of benzene rings is 1. The standard InChI is InChI=1S/C17H17NO2/c1-16-11-8-9-12(10-11)17(16,2)15(20)18(14(16)19)13-6-4-3-5-7-13/h3-9,11-12H,10H2,1-2H3. The molecule has 4 atom stereocenters. The lowest BCUT2D eigenvalue weighted by molar-refractivity contribution is -0.133. The molecule has 2 bridgehead atoms. The molecule has 3 heteroatoms. The van der Waals surface area contributed by atoms with Gasteiger partial charge in [-0.25, -0.2) is 4.90 Å². The molecule has 1 aromatic carbocycles. The van der Waals surface area contributed by atoms with Crippen molar-refractivity contribution in [3.05, 3.63) is 42.5 Å². The van der Waals surface area contributed by atoms with Crippen LogP contribution in [0.5, 0.6) is 0 Å². The van der Waals surface area contributed by atoms with Crippen molar-refractivity contribution >= 4 is 17.5 Å². The van der Waals surface area contributed by atoms with Crippen LogP contribution in [0.4, 0.5) is 5.69 Å². The molecule has 0 radical (unpaired) electrons. The number of amides is 2. The number of imide groups is 1. The summed E-state index contributed by atoms with van der Waals surface area (Å²) in [6, 6.07) is 9.28. The van der Waals surface area contributed by atoms with Gasteiger partial charge in [0.2, 0.25) is 11.8 Å². The fourth-order valence-electron chi connectivity index (χ4n) is 4.46. The highest BCUT2D eigenvalue weighted by Crippen LogP contribution is 2.67. The highest BCUT2D eigenvalue weighted by Gasteiger charge is 2.74. The Morgan fingerprint density at radius 1 is 0.950 bits per heavy atom. The molecule has 2 fully saturated rings. The van der Waals surface area contributed by atoms with E-state index in [1.165, 1.54) is 4.90 Å². The number of para-hydroxylation sites is 1. The van der Waals surface area contributed by atoms with Crippen molar-refractivity contribution in [1.29, 1.82) is 0 Å². The second-order valence-electron chi connectivity index (χ2n) is 6.52. The summed E-state index contributed by atoms with van der Waals surface area (Å²) in [6.45, 7) is 3.95. The van der Waals surface area contributed by atoms with Gasteiger partial charge in [-0.1, -0.05) is 30.4 Å². The van der Waals surface area contributed by atoms with E-state index in [-0.39, 0.29) is 23.7 Å². The van der Waals surface area contributed by atoms with Gasteiger partial charge in [0.1, 0.15) is 0 Å². The van der Waals surface area contributed by atoms with Crippen molar-refractivity contribution in [2.45, 2.75) is 20.3 Å². The first-order chi connectivity index (χ1) is 9.51. The van der Waals surface area contributed by atoms with Crippen LogP contribution in [-0.2, 0) is 9.59 Å². The predicted molar refractivity (Wildman–Crippen MR) is 75.9 cm³/mol. The Balaban J connectivity index is 1.89. The van der Waals surface area contributed by atoms with Gasteiger partial charge in [-0.15, -0.1) is 0 Å². The van der Waals surface area contributed by atoms with E-state index in [4.69, 9.17) is 0 Å². The normalized spacial score (nSPS) is 41.6. The maximum atomic E-state index is 13.0. The Bertz CT molecular complexity index is 614. The molecule has 20 heavy (non-hydrogen) atoms. The van der Waals surface area contributed by atoms with Crippen LogP contribution in [0.2, 0.25) is 0 Å². The van der Waals surface area contributed by atoms with E-state index < -0.39 is 10.8 Å². The fraction of sp³-hybridized carbons (Fsp3) is 0.412. The van der Waals surface area contributed by atoms with Crippen molar-refractivity contribution in [3.63, 3.8) is 0 Å². The van der Waals surface area contributed by atoms with Crippen LogP contribution in [0.15, 0.2) is 42.5 Å². The zero-order valence-corrected chi connectivity index (χ0v) is 11.7. The average molecular weight is 267 g/mol. The SMILES string of the molecule is CC12C(=O)N(c3ccccc3)C(=O)C1(C)C1C=CC2C1. The number of carbonyl (C=O) groups is 2. The first-order valence-corrected chi connectivity index (χ1v) is 7.13. The highest BCUT2D eigenvalue weighted by molar-refractivity contribution is 6.26. The third kappa shape index (κ3) is 1.02. The van der Waals surface area contributed by atoms with Crippen LogP contribution < -0.4 is 4.90 Å². The Kier molecular flexibility index (Phi) is 2.02. The number of hydrogen-bond acceptors (Lipinski definition) is 2. The Morgan fingerprint density at radius 3 is 1.95 bits per heavy atom. The van der Waals surface area contributed by atoms with Gasteiger partial charge >= 0.3 is 0 Å². The topological polar surface area (TPSA) is 37.4 Å². The molecule has 1 aliphatic heterocycles. The quantitative estimate of drug-likeness (QED) is 0.579. The first-order valence-electron chi connectivity index (χ1n) is 7.13. The van der Waals surface area contributed by atoms with Crippen LogP contribution in [-0.4, -0.2) is 11.8 Å². The zero-order valence-electron chi connectivity index (χ0n) is 11.7. The molecular weight excluding hydrogens is 250 g/mol. The molecule has 3 nitrogen and oxygen atoms in total. The second-order valence-corrected chi connectivity index (χ2v) is 6.52. The van der Waals surface area contributed by atoms with Gasteiger partial charge in [-0.3, -0.25) is 9.59 Å². The van der Waals surface area contributed by atoms with E-state index in [9.17, 15) is 9.59 Å². The third-order valence-corrected chi connectivity index (χ3v) is 5.95. The van der Waals surface area contributed by atoms with Crippen LogP contribution in [0.1, 0.15) is 20.3 Å². The minimum Gasteiger partial charge on any atom is -0.273 e. The molecule has 0 N–H and O–H groups in total. The maximum absolute atomic E-state index is 13.0. The number of carbonyl (C=O) groups excluding carboxylic acids is 2. The summed E-state index contributed by atoms with van der Waals surface area (Å²) in [6.07, 6.45) is 5.20. The monoisotopic (exact) mass is 267 g/mol. The van der Waals surface area contributed by atoms with Crippen molar-refractivity contribution in [2.24, 2.45) is 22.7 Å². The molecule has 1 aromatic rings. The van der Waals surface area contributed by atoms with Gasteiger partial charge in [0.15, 0.2) is 0 Å². The highest BCUT2D eigenvalue weighted by atomic mass is 16.2. The summed E-state index contributed by atoms with van der Waals surface area (Å²) in [5, 5.41) is 0. The van der Waals surface area contributed by atoms with Crippen LogP contribution >= 0.6 is 0 Å². The molecule has 1 heterocycles. The number of allylic oxidation sites excluding steroid dienone is 2. The van der Waals surface area contributed by atoms with Crippen molar-refractivity contribution < 1.29 is 9.59 Å². The Labute approximate surface area is 118 Å². The Hall–Kier alpha value is -1.90. The number of nitrogens with zero attached hydrogens (tertiary/aromatic N) is 1. The number of hydrogen-bond donors (Lipinski definition) is 0. The lowest BCUT2D eigenvalue weighted by Gasteiger charge is -2.36. The summed E-state index contributed by atoms with van der Waals surface area (Å²) >= 11 is 0. The van der Waals surface area contributed by atoms with Gasteiger partial charge in [0, 0.05) is 0 Å². The van der Waals surface area contributed by atoms with Crippen LogP contribution in [0.3, 0.4) is 0 Å². The van der Waals surface area contributed by atoms with Gasteiger partial charge < -0.3 is 0 Å². The second kappa shape index (κ2) is 3.40. The van der Waals surface area contributed by atoms with Crippen LogP contribution in [0, 0.1) is 22.7 Å². The smallest absolute Gasteiger partial charge is 0.241 e. The molecule has 2 amide bonds. The molecule has 3 aliphatic rings. The summed E-state index contributed by atoms with van der Waals surface area (Å²) in [5.41, 5.74) is -0.475. The zero-order chi connectivity index (χ0) is 14.1. The number of fused-ring (bicyclic) bond motifs is 5. The van der Waals surface area contributed by atoms with Crippen molar-refractivity contribution in [3.8, 4) is 0 Å². The number of rotatable bonds is 1. The lowest BCUT2D eigenvalue weighted by atomic mass is 9.61. The van der Waals surface area contributed by atoms with E-state index in [2.05, 4.69) is 12.2 Å². The number of anilines is 1.